The first kappa shape index (κ1) is 24.8. The maximum Gasteiger partial charge on any atom is 0.269 e. The van der Waals surface area contributed by atoms with Gasteiger partial charge in [0.2, 0.25) is 15.9 Å². The molecule has 4 rings (SSSR count). The fraction of sp³-hybridized carbons (Fsp3) is 0.417. The zero-order valence-corrected chi connectivity index (χ0v) is 19.9. The van der Waals surface area contributed by atoms with E-state index >= 15 is 0 Å². The van der Waals surface area contributed by atoms with Gasteiger partial charge in [-0.15, -0.1) is 0 Å². The molecule has 2 N–H and O–H groups in total. The second kappa shape index (κ2) is 10.5. The average Bonchev–Trinajstić information content (AvgIpc) is 3.37. The molecule has 1 saturated heterocycles. The van der Waals surface area contributed by atoms with Crippen LogP contribution in [0.1, 0.15) is 48.9 Å². The van der Waals surface area contributed by atoms with Crippen molar-refractivity contribution in [3.05, 3.63) is 70.3 Å². The van der Waals surface area contributed by atoms with E-state index in [4.69, 9.17) is 0 Å². The monoisotopic (exact) mass is 500 g/mol. The molecule has 2 amide bonds. The Balaban J connectivity index is 1.32. The molecule has 35 heavy (non-hydrogen) atoms. The lowest BCUT2D eigenvalue weighted by atomic mass is 9.90. The molecule has 2 aromatic carbocycles. The van der Waals surface area contributed by atoms with Gasteiger partial charge in [0.1, 0.15) is 6.04 Å². The third kappa shape index (κ3) is 5.68. The van der Waals surface area contributed by atoms with Gasteiger partial charge in [-0.2, -0.15) is 4.31 Å². The molecule has 0 bridgehead atoms. The summed E-state index contributed by atoms with van der Waals surface area (Å²) < 4.78 is 27.4. The first-order chi connectivity index (χ1) is 16.8. The number of benzene rings is 2. The minimum atomic E-state index is -3.96. The molecule has 2 aliphatic rings. The van der Waals surface area contributed by atoms with Crippen LogP contribution in [0.15, 0.2) is 59.5 Å². The smallest absolute Gasteiger partial charge is 0.269 e. The third-order valence-electron chi connectivity index (χ3n) is 6.61. The summed E-state index contributed by atoms with van der Waals surface area (Å²) in [6.45, 7) is 0.218. The number of hydrogen-bond donors (Lipinski definition) is 2. The van der Waals surface area contributed by atoms with Crippen LogP contribution in [-0.4, -0.2) is 54.1 Å². The molecule has 0 radical (unpaired) electrons. The van der Waals surface area contributed by atoms with Crippen molar-refractivity contribution < 1.29 is 22.9 Å². The molecule has 0 unspecified atom stereocenters. The van der Waals surface area contributed by atoms with Crippen LogP contribution in [-0.2, 0) is 14.8 Å². The molecule has 1 aliphatic carbocycles. The van der Waals surface area contributed by atoms with Crippen LogP contribution >= 0.6 is 0 Å². The summed E-state index contributed by atoms with van der Waals surface area (Å²) in [6.07, 6.45) is 3.79. The SMILES string of the molecule is O=C(NC1CCC(NC(=O)[C@@H]2CCCN2S(=O)(=O)c2ccc([N+](=O)[O-])cc2)CC1)c1ccccc1. The van der Waals surface area contributed by atoms with Gasteiger partial charge in [0.15, 0.2) is 0 Å². The number of carbonyl (C=O) groups excluding carboxylic acids is 2. The number of nitrogens with one attached hydrogen (secondary N) is 2. The maximum absolute atomic E-state index is 13.1. The van der Waals surface area contributed by atoms with Crippen molar-refractivity contribution in [2.24, 2.45) is 0 Å². The molecule has 1 heterocycles. The largest absolute Gasteiger partial charge is 0.352 e. The quantitative estimate of drug-likeness (QED) is 0.443. The summed E-state index contributed by atoms with van der Waals surface area (Å²) >= 11 is 0. The van der Waals surface area contributed by atoms with Crippen LogP contribution in [0.3, 0.4) is 0 Å². The summed E-state index contributed by atoms with van der Waals surface area (Å²) in [5.74, 6) is -0.444. The minimum Gasteiger partial charge on any atom is -0.352 e. The Morgan fingerprint density at radius 2 is 1.49 bits per heavy atom. The molecule has 10 nitrogen and oxygen atoms in total. The standard InChI is InChI=1S/C24H28N4O6S/c29-23(17-5-2-1-3-6-17)25-18-8-10-19(11-9-18)26-24(30)22-7-4-16-27(22)35(33,34)21-14-12-20(13-15-21)28(31)32/h1-3,5-6,12-15,18-19,22H,4,7-11,16H2,(H,25,29)(H,26,30)/t18?,19?,22-/m0/s1. The van der Waals surface area contributed by atoms with E-state index in [1.807, 2.05) is 18.2 Å². The third-order valence-corrected chi connectivity index (χ3v) is 8.53. The van der Waals surface area contributed by atoms with E-state index in [-0.39, 0.29) is 41.0 Å². The van der Waals surface area contributed by atoms with E-state index in [0.717, 1.165) is 25.0 Å². The van der Waals surface area contributed by atoms with Crippen LogP contribution in [0, 0.1) is 10.1 Å². The van der Waals surface area contributed by atoms with E-state index in [2.05, 4.69) is 10.6 Å². The van der Waals surface area contributed by atoms with Crippen molar-refractivity contribution in [1.82, 2.24) is 14.9 Å². The van der Waals surface area contributed by atoms with Crippen LogP contribution in [0.4, 0.5) is 5.69 Å². The molecule has 2 fully saturated rings. The van der Waals surface area contributed by atoms with Gasteiger partial charge in [0.05, 0.1) is 9.82 Å². The Kier molecular flexibility index (Phi) is 7.46. The normalized spacial score (nSPS) is 22.9. The fourth-order valence-corrected chi connectivity index (χ4v) is 6.36. The Hall–Kier alpha value is -3.31. The molecule has 1 saturated carbocycles. The lowest BCUT2D eigenvalue weighted by Crippen LogP contribution is -2.50. The summed E-state index contributed by atoms with van der Waals surface area (Å²) in [5.41, 5.74) is 0.411. The van der Waals surface area contributed by atoms with E-state index in [9.17, 15) is 28.1 Å². The average molecular weight is 501 g/mol. The van der Waals surface area contributed by atoms with Gasteiger partial charge < -0.3 is 10.6 Å². The highest BCUT2D eigenvalue weighted by molar-refractivity contribution is 7.89. The lowest BCUT2D eigenvalue weighted by Gasteiger charge is -2.31. The number of nitro benzene ring substituents is 1. The molecular formula is C24H28N4O6S. The molecule has 1 aliphatic heterocycles. The van der Waals surface area contributed by atoms with Crippen molar-refractivity contribution in [3.63, 3.8) is 0 Å². The van der Waals surface area contributed by atoms with Crippen LogP contribution < -0.4 is 10.6 Å². The van der Waals surface area contributed by atoms with Gasteiger partial charge in [-0.1, -0.05) is 18.2 Å². The van der Waals surface area contributed by atoms with Gasteiger partial charge in [-0.3, -0.25) is 19.7 Å². The Bertz CT molecular complexity index is 1180. The predicted molar refractivity (Wildman–Crippen MR) is 128 cm³/mol. The zero-order valence-electron chi connectivity index (χ0n) is 19.1. The second-order valence-electron chi connectivity index (χ2n) is 8.92. The number of nitrogens with zero attached hydrogens (tertiary/aromatic N) is 2. The van der Waals surface area contributed by atoms with E-state index in [1.165, 1.54) is 16.4 Å². The number of hydrogen-bond acceptors (Lipinski definition) is 6. The molecule has 0 aromatic heterocycles. The van der Waals surface area contributed by atoms with Gasteiger partial charge in [-0.05, 0) is 62.8 Å². The van der Waals surface area contributed by atoms with Crippen LogP contribution in [0.2, 0.25) is 0 Å². The summed E-state index contributed by atoms with van der Waals surface area (Å²) in [6, 6.07) is 12.8. The number of non-ortho nitro benzene ring substituents is 1. The predicted octanol–water partition coefficient (Wildman–Crippen LogP) is 2.61. The van der Waals surface area contributed by atoms with Crippen molar-refractivity contribution in [3.8, 4) is 0 Å². The molecule has 0 spiro atoms. The Morgan fingerprint density at radius 3 is 2.09 bits per heavy atom. The maximum atomic E-state index is 13.1. The fourth-order valence-electron chi connectivity index (χ4n) is 4.70. The molecular weight excluding hydrogens is 472 g/mol. The highest BCUT2D eigenvalue weighted by Crippen LogP contribution is 2.28. The van der Waals surface area contributed by atoms with Crippen molar-refractivity contribution in [1.29, 1.82) is 0 Å². The van der Waals surface area contributed by atoms with Gasteiger partial charge >= 0.3 is 0 Å². The molecule has 186 valence electrons. The number of nitro groups is 1. The van der Waals surface area contributed by atoms with E-state index < -0.39 is 21.0 Å². The number of amides is 2. The molecule has 11 heteroatoms. The highest BCUT2D eigenvalue weighted by Gasteiger charge is 2.40. The van der Waals surface area contributed by atoms with Crippen LogP contribution in [0.25, 0.3) is 0 Å². The molecule has 1 atom stereocenters. The lowest BCUT2D eigenvalue weighted by molar-refractivity contribution is -0.384. The number of carbonyl (C=O) groups is 2. The molecule has 2 aromatic rings. The van der Waals surface area contributed by atoms with Crippen molar-refractivity contribution in [2.75, 3.05) is 6.54 Å². The number of rotatable bonds is 7. The number of sulfonamides is 1. The minimum absolute atomic E-state index is 0.0290. The highest BCUT2D eigenvalue weighted by atomic mass is 32.2. The topological polar surface area (TPSA) is 139 Å². The summed E-state index contributed by atoms with van der Waals surface area (Å²) in [5, 5.41) is 16.9. The van der Waals surface area contributed by atoms with E-state index in [1.54, 1.807) is 12.1 Å². The zero-order chi connectivity index (χ0) is 25.0. The second-order valence-corrected chi connectivity index (χ2v) is 10.8. The summed E-state index contributed by atoms with van der Waals surface area (Å²) in [4.78, 5) is 35.6. The van der Waals surface area contributed by atoms with Crippen molar-refractivity contribution in [2.45, 2.75) is 61.5 Å². The van der Waals surface area contributed by atoms with E-state index in [0.29, 0.717) is 31.2 Å². The van der Waals surface area contributed by atoms with Gasteiger partial charge in [0.25, 0.3) is 11.6 Å². The van der Waals surface area contributed by atoms with Crippen molar-refractivity contribution >= 4 is 27.5 Å². The van der Waals surface area contributed by atoms with Gasteiger partial charge in [-0.25, -0.2) is 8.42 Å². The Labute approximate surface area is 203 Å². The first-order valence-corrected chi connectivity index (χ1v) is 13.1. The van der Waals surface area contributed by atoms with Crippen LogP contribution in [0.5, 0.6) is 0 Å². The first-order valence-electron chi connectivity index (χ1n) is 11.7. The summed E-state index contributed by atoms with van der Waals surface area (Å²) in [7, 11) is -3.96. The Morgan fingerprint density at radius 1 is 0.886 bits per heavy atom. The van der Waals surface area contributed by atoms with Gasteiger partial charge in [0, 0.05) is 36.3 Å².